The largest absolute Gasteiger partial charge is 0.298 e. The van der Waals surface area contributed by atoms with Gasteiger partial charge in [0, 0.05) is 0 Å². The summed E-state index contributed by atoms with van der Waals surface area (Å²) in [7, 11) is 0. The molecule has 0 aliphatic rings. The molecule has 6 heteroatoms. The molecule has 12 heavy (non-hydrogen) atoms. The van der Waals surface area contributed by atoms with Crippen molar-refractivity contribution in [2.24, 2.45) is 0 Å². The van der Waals surface area contributed by atoms with Crippen molar-refractivity contribution in [1.82, 2.24) is 0 Å². The average molecular weight is 237 g/mol. The number of aldehydes is 1. The summed E-state index contributed by atoms with van der Waals surface area (Å²) in [4.78, 5) is 10.1. The van der Waals surface area contributed by atoms with Gasteiger partial charge in [-0.05, 0) is 12.5 Å². The molecular weight excluding hydrogens is 232 g/mol. The number of rotatable bonds is 2. The molecule has 0 radical (unpaired) electrons. The van der Waals surface area contributed by atoms with Crippen molar-refractivity contribution in [1.29, 1.82) is 0 Å². The van der Waals surface area contributed by atoms with Gasteiger partial charge in [0.15, 0.2) is 6.29 Å². The Labute approximate surface area is 83.3 Å². The summed E-state index contributed by atoms with van der Waals surface area (Å²) in [5.74, 6) is 0. The fourth-order valence-corrected chi connectivity index (χ4v) is 0.794. The quantitative estimate of drug-likeness (QED) is 0.410. The van der Waals surface area contributed by atoms with E-state index >= 15 is 0 Å². The molecule has 0 aromatic carbocycles. The van der Waals surface area contributed by atoms with Gasteiger partial charge in [-0.25, -0.2) is 8.78 Å². The van der Waals surface area contributed by atoms with Crippen LogP contribution in [0.2, 0.25) is 0 Å². The van der Waals surface area contributed by atoms with Crippen LogP contribution in [0.5, 0.6) is 0 Å². The van der Waals surface area contributed by atoms with Gasteiger partial charge >= 0.3 is 0 Å². The summed E-state index contributed by atoms with van der Waals surface area (Å²) in [6.45, 7) is 1.17. The van der Waals surface area contributed by atoms with E-state index in [1.807, 2.05) is 0 Å². The first-order valence-electron chi connectivity index (χ1n) is 2.82. The summed E-state index contributed by atoms with van der Waals surface area (Å²) in [6, 6.07) is 0. The van der Waals surface area contributed by atoms with Crippen molar-refractivity contribution in [2.75, 3.05) is 0 Å². The molecular formula is C6H5Cl3F2O. The normalized spacial score (nSPS) is 14.6. The van der Waals surface area contributed by atoms with Gasteiger partial charge in [0.1, 0.15) is 0 Å². The molecule has 0 bridgehead atoms. The van der Waals surface area contributed by atoms with Crippen LogP contribution in [0.4, 0.5) is 8.78 Å². The minimum atomic E-state index is -2.92. The van der Waals surface area contributed by atoms with E-state index in [4.69, 9.17) is 34.8 Å². The monoisotopic (exact) mass is 236 g/mol. The van der Waals surface area contributed by atoms with Crippen LogP contribution in [-0.2, 0) is 4.79 Å². The lowest BCUT2D eigenvalue weighted by atomic mass is 10.2. The van der Waals surface area contributed by atoms with E-state index in [1.54, 1.807) is 0 Å². The molecule has 0 heterocycles. The fraction of sp³-hybridized carbons (Fsp3) is 0.500. The minimum absolute atomic E-state index is 0.0120. The lowest BCUT2D eigenvalue weighted by Gasteiger charge is -2.13. The molecule has 0 rings (SSSR count). The van der Waals surface area contributed by atoms with Gasteiger partial charge in [-0.2, -0.15) is 0 Å². The van der Waals surface area contributed by atoms with Gasteiger partial charge in [0.2, 0.25) is 3.79 Å². The molecule has 0 aromatic rings. The molecule has 0 aromatic heterocycles. The van der Waals surface area contributed by atoms with Crippen molar-refractivity contribution in [3.05, 3.63) is 11.1 Å². The maximum absolute atomic E-state index is 12.0. The standard InChI is InChI=1S/C6H5Cl3F2O/c1-3(6(7,8)9)4(2-12)5(10)11/h2,5H,1H3. The first-order chi connectivity index (χ1) is 5.30. The third-order valence-electron chi connectivity index (χ3n) is 1.22. The number of carbonyl (C=O) groups excluding carboxylic acids is 1. The van der Waals surface area contributed by atoms with Crippen LogP contribution in [-0.4, -0.2) is 16.5 Å². The van der Waals surface area contributed by atoms with Crippen LogP contribution in [0.25, 0.3) is 0 Å². The van der Waals surface area contributed by atoms with Gasteiger partial charge in [0.25, 0.3) is 6.43 Å². The summed E-state index contributed by atoms with van der Waals surface area (Å²) in [6.07, 6.45) is -2.93. The Bertz CT molecular complexity index is 207. The summed E-state index contributed by atoms with van der Waals surface area (Å²) >= 11 is 15.8. The lowest BCUT2D eigenvalue weighted by molar-refractivity contribution is -0.106. The molecule has 0 N–H and O–H groups in total. The number of allylic oxidation sites excluding steroid dienone is 2. The third kappa shape index (κ3) is 3.25. The SMILES string of the molecule is CC(=C(C=O)C(F)F)C(Cl)(Cl)Cl. The summed E-state index contributed by atoms with van der Waals surface area (Å²) in [5.41, 5.74) is -1.03. The van der Waals surface area contributed by atoms with Crippen LogP contribution < -0.4 is 0 Å². The van der Waals surface area contributed by atoms with Crippen molar-refractivity contribution in [2.45, 2.75) is 17.1 Å². The first-order valence-corrected chi connectivity index (χ1v) is 3.95. The Morgan fingerprint density at radius 3 is 1.92 bits per heavy atom. The highest BCUT2D eigenvalue weighted by atomic mass is 35.6. The van der Waals surface area contributed by atoms with Crippen molar-refractivity contribution in [3.8, 4) is 0 Å². The molecule has 0 aliphatic carbocycles. The van der Waals surface area contributed by atoms with Crippen LogP contribution in [0, 0.1) is 0 Å². The second-order valence-corrected chi connectivity index (χ2v) is 4.28. The Morgan fingerprint density at radius 2 is 1.83 bits per heavy atom. The highest BCUT2D eigenvalue weighted by Gasteiger charge is 2.28. The van der Waals surface area contributed by atoms with E-state index < -0.39 is 15.8 Å². The van der Waals surface area contributed by atoms with Gasteiger partial charge in [-0.3, -0.25) is 4.79 Å². The number of halogens is 5. The van der Waals surface area contributed by atoms with E-state index in [-0.39, 0.29) is 11.9 Å². The topological polar surface area (TPSA) is 17.1 Å². The first kappa shape index (κ1) is 12.1. The van der Waals surface area contributed by atoms with E-state index in [0.717, 1.165) is 0 Å². The van der Waals surface area contributed by atoms with Gasteiger partial charge in [-0.15, -0.1) is 0 Å². The molecule has 0 unspecified atom stereocenters. The molecule has 0 fully saturated rings. The predicted octanol–water partition coefficient (Wildman–Crippen LogP) is 3.14. The second-order valence-electron chi connectivity index (χ2n) is 2.00. The Morgan fingerprint density at radius 1 is 1.42 bits per heavy atom. The van der Waals surface area contributed by atoms with E-state index in [1.165, 1.54) is 6.92 Å². The fourth-order valence-electron chi connectivity index (χ4n) is 0.467. The van der Waals surface area contributed by atoms with Gasteiger partial charge in [-0.1, -0.05) is 34.8 Å². The van der Waals surface area contributed by atoms with E-state index in [9.17, 15) is 13.6 Å². The van der Waals surface area contributed by atoms with Crippen LogP contribution in [0.1, 0.15) is 6.92 Å². The van der Waals surface area contributed by atoms with Crippen molar-refractivity contribution in [3.63, 3.8) is 0 Å². The zero-order valence-corrected chi connectivity index (χ0v) is 8.22. The van der Waals surface area contributed by atoms with Crippen molar-refractivity contribution >= 4 is 41.1 Å². The third-order valence-corrected chi connectivity index (χ3v) is 2.07. The Kier molecular flexibility index (Phi) is 4.45. The predicted molar refractivity (Wildman–Crippen MR) is 45.1 cm³/mol. The summed E-state index contributed by atoms with van der Waals surface area (Å²) in [5, 5.41) is 0. The Hall–Kier alpha value is 0.140. The number of hydrogen-bond acceptors (Lipinski definition) is 1. The van der Waals surface area contributed by atoms with Gasteiger partial charge < -0.3 is 0 Å². The van der Waals surface area contributed by atoms with Crippen LogP contribution in [0.3, 0.4) is 0 Å². The average Bonchev–Trinajstić information content (AvgIpc) is 1.86. The maximum Gasteiger partial charge on any atom is 0.267 e. The summed E-state index contributed by atoms with van der Waals surface area (Å²) < 4.78 is 22.1. The highest BCUT2D eigenvalue weighted by molar-refractivity contribution is 6.69. The van der Waals surface area contributed by atoms with E-state index in [2.05, 4.69) is 0 Å². The van der Waals surface area contributed by atoms with E-state index in [0.29, 0.717) is 0 Å². The van der Waals surface area contributed by atoms with Crippen LogP contribution >= 0.6 is 34.8 Å². The molecule has 0 amide bonds. The molecule has 1 nitrogen and oxygen atoms in total. The minimum Gasteiger partial charge on any atom is -0.298 e. The zero-order chi connectivity index (χ0) is 9.94. The Balaban J connectivity index is 4.98. The van der Waals surface area contributed by atoms with Crippen LogP contribution in [0.15, 0.2) is 11.1 Å². The van der Waals surface area contributed by atoms with Crippen molar-refractivity contribution < 1.29 is 13.6 Å². The molecule has 0 atom stereocenters. The number of hydrogen-bond donors (Lipinski definition) is 0. The number of carbonyl (C=O) groups is 1. The number of alkyl halides is 5. The maximum atomic E-state index is 12.0. The highest BCUT2D eigenvalue weighted by Crippen LogP contribution is 2.36. The molecule has 70 valence electrons. The lowest BCUT2D eigenvalue weighted by Crippen LogP contribution is -2.12. The molecule has 0 aliphatic heterocycles. The second kappa shape index (κ2) is 4.40. The molecule has 0 saturated carbocycles. The smallest absolute Gasteiger partial charge is 0.267 e. The van der Waals surface area contributed by atoms with Gasteiger partial charge in [0.05, 0.1) is 5.57 Å². The zero-order valence-electron chi connectivity index (χ0n) is 5.95. The molecule has 0 saturated heterocycles. The molecule has 0 spiro atoms.